The number of nitrogens with one attached hydrogen (secondary N) is 2. The summed E-state index contributed by atoms with van der Waals surface area (Å²) in [5.74, 6) is -0.510. The molecule has 1 aliphatic rings. The number of aromatic amines is 1. The Morgan fingerprint density at radius 3 is 2.88 bits per heavy atom. The summed E-state index contributed by atoms with van der Waals surface area (Å²) < 4.78 is 0. The third kappa shape index (κ3) is 3.04. The van der Waals surface area contributed by atoms with Crippen LogP contribution in [0.5, 0.6) is 0 Å². The minimum atomic E-state index is -1.28. The average molecular weight is 346 g/mol. The van der Waals surface area contributed by atoms with Gasteiger partial charge in [-0.3, -0.25) is 24.5 Å². The normalized spacial score (nSPS) is 18.8. The van der Waals surface area contributed by atoms with E-state index in [1.807, 2.05) is 0 Å². The summed E-state index contributed by atoms with van der Waals surface area (Å²) in [7, 11) is 0. The minimum absolute atomic E-state index is 0.0704. The van der Waals surface area contributed by atoms with Crippen molar-refractivity contribution in [3.63, 3.8) is 0 Å². The van der Waals surface area contributed by atoms with E-state index < -0.39 is 29.7 Å². The number of hydrogen-bond acceptors (Lipinski definition) is 8. The van der Waals surface area contributed by atoms with Gasteiger partial charge in [0.05, 0.1) is 17.7 Å². The maximum Gasteiger partial charge on any atom is 0.278 e. The molecule has 132 valence electrons. The second-order valence-corrected chi connectivity index (χ2v) is 5.74. The fraction of sp³-hybridized carbons (Fsp3) is 0.333. The first-order chi connectivity index (χ1) is 11.9. The van der Waals surface area contributed by atoms with Crippen LogP contribution in [-0.2, 0) is 0 Å². The molecule has 10 nitrogen and oxygen atoms in total. The average Bonchev–Trinajstić information content (AvgIpc) is 2.60. The molecular weight excluding hydrogens is 328 g/mol. The molecular formula is C15H18N6O4. The highest BCUT2D eigenvalue weighted by atomic mass is 16.3. The Morgan fingerprint density at radius 1 is 1.48 bits per heavy atom. The van der Waals surface area contributed by atoms with Crippen molar-refractivity contribution in [2.75, 3.05) is 22.5 Å². The first kappa shape index (κ1) is 16.9. The summed E-state index contributed by atoms with van der Waals surface area (Å²) in [6, 6.07) is 2.25. The lowest BCUT2D eigenvalue weighted by Gasteiger charge is -2.39. The van der Waals surface area contributed by atoms with Crippen molar-refractivity contribution in [3.8, 4) is 0 Å². The van der Waals surface area contributed by atoms with Gasteiger partial charge in [-0.15, -0.1) is 0 Å². The lowest BCUT2D eigenvalue weighted by Crippen LogP contribution is -2.58. The number of H-pyrrole nitrogens is 1. The van der Waals surface area contributed by atoms with Crippen LogP contribution in [0.15, 0.2) is 29.3 Å². The fourth-order valence-electron chi connectivity index (χ4n) is 2.76. The van der Waals surface area contributed by atoms with Gasteiger partial charge in [0.15, 0.2) is 11.5 Å². The quantitative estimate of drug-likeness (QED) is 0.470. The van der Waals surface area contributed by atoms with E-state index in [0.29, 0.717) is 0 Å². The minimum Gasteiger partial charge on any atom is -0.391 e. The third-order valence-electron chi connectivity index (χ3n) is 3.98. The van der Waals surface area contributed by atoms with E-state index in [9.17, 15) is 19.8 Å². The van der Waals surface area contributed by atoms with E-state index in [1.54, 1.807) is 12.1 Å². The van der Waals surface area contributed by atoms with Gasteiger partial charge in [-0.2, -0.15) is 4.98 Å². The van der Waals surface area contributed by atoms with Crippen LogP contribution in [0.1, 0.15) is 17.3 Å². The molecule has 0 fully saturated rings. The smallest absolute Gasteiger partial charge is 0.278 e. The van der Waals surface area contributed by atoms with E-state index in [0.717, 1.165) is 4.90 Å². The van der Waals surface area contributed by atoms with Gasteiger partial charge in [-0.1, -0.05) is 0 Å². The summed E-state index contributed by atoms with van der Waals surface area (Å²) in [5, 5.41) is 23.0. The van der Waals surface area contributed by atoms with Gasteiger partial charge in [-0.25, -0.2) is 0 Å². The second kappa shape index (κ2) is 6.49. The molecule has 3 rings (SSSR count). The van der Waals surface area contributed by atoms with Crippen molar-refractivity contribution < 1.29 is 15.0 Å². The van der Waals surface area contributed by atoms with E-state index in [4.69, 9.17) is 5.73 Å². The predicted octanol–water partition coefficient (Wildman–Crippen LogP) is -1.07. The van der Waals surface area contributed by atoms with Gasteiger partial charge in [0.2, 0.25) is 5.95 Å². The first-order valence-corrected chi connectivity index (χ1v) is 7.63. The summed E-state index contributed by atoms with van der Waals surface area (Å²) in [6.45, 7) is 1.49. The summed E-state index contributed by atoms with van der Waals surface area (Å²) >= 11 is 0. The number of pyridine rings is 1. The molecule has 0 radical (unpaired) electrons. The Bertz CT molecular complexity index is 838. The number of hydrogen-bond donors (Lipinski definition) is 5. The Morgan fingerprint density at radius 2 is 2.24 bits per heavy atom. The van der Waals surface area contributed by atoms with E-state index in [1.165, 1.54) is 19.3 Å². The number of rotatable bonds is 3. The second-order valence-electron chi connectivity index (χ2n) is 5.74. The summed E-state index contributed by atoms with van der Waals surface area (Å²) in [5.41, 5.74) is 5.08. The van der Waals surface area contributed by atoms with Gasteiger partial charge >= 0.3 is 0 Å². The molecule has 10 heteroatoms. The van der Waals surface area contributed by atoms with Crippen LogP contribution in [0, 0.1) is 0 Å². The number of nitrogen functional groups attached to an aromatic ring is 1. The number of aliphatic hydroxyl groups excluding tert-OH is 2. The monoisotopic (exact) mass is 346 g/mol. The van der Waals surface area contributed by atoms with E-state index in [-0.39, 0.29) is 29.6 Å². The molecule has 2 aromatic heterocycles. The largest absolute Gasteiger partial charge is 0.391 e. The molecule has 0 aromatic carbocycles. The SMILES string of the molecule is C[C@H](O)[C@@H](O)[C@@H]1CNc2nc(N)[nH]c(=O)c2N1C(=O)c1cccnc1. The Kier molecular flexibility index (Phi) is 4.38. The van der Waals surface area contributed by atoms with Gasteiger partial charge in [0.1, 0.15) is 6.10 Å². The molecule has 1 amide bonds. The van der Waals surface area contributed by atoms with Crippen LogP contribution < -0.4 is 21.5 Å². The Hall–Kier alpha value is -2.98. The molecule has 0 saturated carbocycles. The zero-order valence-corrected chi connectivity index (χ0v) is 13.4. The molecule has 3 atom stereocenters. The molecule has 0 spiro atoms. The standard InChI is InChI=1S/C15H18N6O4/c1-7(22)11(23)9-6-18-12-10(13(24)20-15(16)19-12)21(9)14(25)8-3-2-4-17-5-8/h2-5,7,9,11,22-23H,6H2,1H3,(H4,16,18,19,20,24)/t7-,9-,11+/m0/s1. The summed E-state index contributed by atoms with van der Waals surface area (Å²) in [6.07, 6.45) is 0.477. The fourth-order valence-corrected chi connectivity index (χ4v) is 2.76. The Balaban J connectivity index is 2.14. The van der Waals surface area contributed by atoms with Gasteiger partial charge in [0.25, 0.3) is 11.5 Å². The van der Waals surface area contributed by atoms with Crippen LogP contribution in [0.3, 0.4) is 0 Å². The zero-order valence-electron chi connectivity index (χ0n) is 13.4. The predicted molar refractivity (Wildman–Crippen MR) is 90.3 cm³/mol. The maximum absolute atomic E-state index is 13.0. The maximum atomic E-state index is 13.0. The molecule has 25 heavy (non-hydrogen) atoms. The highest BCUT2D eigenvalue weighted by Crippen LogP contribution is 2.29. The van der Waals surface area contributed by atoms with Crippen molar-refractivity contribution in [2.45, 2.75) is 25.2 Å². The topological polar surface area (TPSA) is 157 Å². The van der Waals surface area contributed by atoms with Crippen LogP contribution in [0.2, 0.25) is 0 Å². The summed E-state index contributed by atoms with van der Waals surface area (Å²) in [4.78, 5) is 36.8. The molecule has 0 bridgehead atoms. The number of nitrogens with two attached hydrogens (primary N) is 1. The highest BCUT2D eigenvalue weighted by Gasteiger charge is 2.40. The molecule has 1 aliphatic heterocycles. The van der Waals surface area contributed by atoms with E-state index in [2.05, 4.69) is 20.3 Å². The molecule has 6 N–H and O–H groups in total. The first-order valence-electron chi connectivity index (χ1n) is 7.63. The molecule has 3 heterocycles. The van der Waals surface area contributed by atoms with Crippen molar-refractivity contribution in [1.29, 1.82) is 0 Å². The molecule has 2 aromatic rings. The van der Waals surface area contributed by atoms with Crippen LogP contribution >= 0.6 is 0 Å². The number of anilines is 3. The van der Waals surface area contributed by atoms with Crippen molar-refractivity contribution in [2.24, 2.45) is 0 Å². The number of fused-ring (bicyclic) bond motifs is 1. The number of amides is 1. The van der Waals surface area contributed by atoms with Gasteiger partial charge < -0.3 is 21.3 Å². The van der Waals surface area contributed by atoms with Crippen molar-refractivity contribution in [3.05, 3.63) is 40.4 Å². The Labute approximate surface area is 142 Å². The van der Waals surface area contributed by atoms with E-state index >= 15 is 0 Å². The van der Waals surface area contributed by atoms with Crippen molar-refractivity contribution >= 4 is 23.4 Å². The molecule has 0 aliphatic carbocycles. The van der Waals surface area contributed by atoms with Crippen LogP contribution in [0.4, 0.5) is 17.5 Å². The number of carbonyl (C=O) groups is 1. The zero-order chi connectivity index (χ0) is 18.1. The highest BCUT2D eigenvalue weighted by molar-refractivity contribution is 6.08. The number of nitrogens with zero attached hydrogens (tertiary/aromatic N) is 3. The molecule has 0 saturated heterocycles. The third-order valence-corrected chi connectivity index (χ3v) is 3.98. The number of aromatic nitrogens is 3. The lowest BCUT2D eigenvalue weighted by atomic mass is 10.0. The van der Waals surface area contributed by atoms with Crippen LogP contribution in [-0.4, -0.2) is 55.9 Å². The number of carbonyl (C=O) groups excluding carboxylic acids is 1. The van der Waals surface area contributed by atoms with Crippen LogP contribution in [0.25, 0.3) is 0 Å². The molecule has 0 unspecified atom stereocenters. The lowest BCUT2D eigenvalue weighted by molar-refractivity contribution is 0.0152. The van der Waals surface area contributed by atoms with Gasteiger partial charge in [0, 0.05) is 18.9 Å². The number of aliphatic hydroxyl groups is 2. The van der Waals surface area contributed by atoms with Gasteiger partial charge in [-0.05, 0) is 19.1 Å². The van der Waals surface area contributed by atoms with Crippen molar-refractivity contribution in [1.82, 2.24) is 15.0 Å².